The summed E-state index contributed by atoms with van der Waals surface area (Å²) < 4.78 is 7.04. The predicted octanol–water partition coefficient (Wildman–Crippen LogP) is 1.35. The maximum absolute atomic E-state index is 11.5. The van der Waals surface area contributed by atoms with Crippen molar-refractivity contribution in [1.29, 1.82) is 0 Å². The zero-order valence-electron chi connectivity index (χ0n) is 15.1. The minimum absolute atomic E-state index is 0.393. The summed E-state index contributed by atoms with van der Waals surface area (Å²) in [6.07, 6.45) is 4.04. The Morgan fingerprint density at radius 2 is 2.04 bits per heavy atom. The molecule has 1 rings (SSSR count). The molecule has 1 aromatic heterocycles. The van der Waals surface area contributed by atoms with Crippen molar-refractivity contribution in [2.75, 3.05) is 26.2 Å². The van der Waals surface area contributed by atoms with E-state index in [1.807, 2.05) is 44.6 Å². The van der Waals surface area contributed by atoms with Crippen molar-refractivity contribution in [1.82, 2.24) is 25.7 Å². The lowest BCUT2D eigenvalue weighted by atomic mass is 10.2. The van der Waals surface area contributed by atoms with Crippen LogP contribution in [0.15, 0.2) is 23.5 Å². The van der Waals surface area contributed by atoms with E-state index in [9.17, 15) is 4.79 Å². The second-order valence-electron chi connectivity index (χ2n) is 6.24. The summed E-state index contributed by atoms with van der Waals surface area (Å²) in [5.41, 5.74) is -0.473. The molecule has 8 nitrogen and oxygen atoms in total. The zero-order chi connectivity index (χ0) is 17.8. The molecule has 0 saturated carbocycles. The Balaban J connectivity index is 2.21. The molecule has 0 saturated heterocycles. The normalized spacial score (nSPS) is 11.9. The van der Waals surface area contributed by atoms with Crippen molar-refractivity contribution < 1.29 is 9.53 Å². The van der Waals surface area contributed by atoms with Crippen LogP contribution in [0, 0.1) is 0 Å². The Labute approximate surface area is 144 Å². The van der Waals surface area contributed by atoms with Crippen LogP contribution in [-0.2, 0) is 11.3 Å². The monoisotopic (exact) mass is 338 g/mol. The average Bonchev–Trinajstić information content (AvgIpc) is 2.98. The molecule has 0 aliphatic rings. The molecule has 0 aliphatic carbocycles. The minimum atomic E-state index is -0.473. The number of hydrogen-bond acceptors (Lipinski definition) is 4. The molecule has 1 aromatic rings. The highest BCUT2D eigenvalue weighted by molar-refractivity contribution is 5.79. The van der Waals surface area contributed by atoms with E-state index in [0.29, 0.717) is 13.1 Å². The fourth-order valence-electron chi connectivity index (χ4n) is 1.84. The topological polar surface area (TPSA) is 92.6 Å². The fourth-order valence-corrected chi connectivity index (χ4v) is 1.84. The number of aromatic nitrogens is 2. The molecule has 0 spiro atoms. The summed E-state index contributed by atoms with van der Waals surface area (Å²) in [5, 5.41) is 13.3. The van der Waals surface area contributed by atoms with Crippen LogP contribution in [0.4, 0.5) is 4.79 Å². The quantitative estimate of drug-likeness (QED) is 0.378. The Kier molecular flexibility index (Phi) is 8.67. The van der Waals surface area contributed by atoms with E-state index < -0.39 is 11.7 Å². The number of alkyl carbamates (subject to hydrolysis) is 1. The van der Waals surface area contributed by atoms with Gasteiger partial charge in [-0.05, 0) is 40.2 Å². The van der Waals surface area contributed by atoms with Gasteiger partial charge in [0.15, 0.2) is 5.96 Å². The van der Waals surface area contributed by atoms with Gasteiger partial charge in [-0.25, -0.2) is 4.79 Å². The van der Waals surface area contributed by atoms with Crippen LogP contribution in [0.25, 0.3) is 0 Å². The van der Waals surface area contributed by atoms with Crippen LogP contribution in [0.3, 0.4) is 0 Å². The summed E-state index contributed by atoms with van der Waals surface area (Å²) in [7, 11) is 0. The molecule has 3 N–H and O–H groups in total. The van der Waals surface area contributed by atoms with Crippen LogP contribution in [-0.4, -0.2) is 53.6 Å². The highest BCUT2D eigenvalue weighted by atomic mass is 16.6. The molecule has 0 fully saturated rings. The van der Waals surface area contributed by atoms with Gasteiger partial charge >= 0.3 is 6.09 Å². The largest absolute Gasteiger partial charge is 0.444 e. The van der Waals surface area contributed by atoms with Gasteiger partial charge < -0.3 is 20.7 Å². The number of nitrogens with zero attached hydrogens (tertiary/aromatic N) is 3. The Bertz CT molecular complexity index is 493. The average molecular weight is 338 g/mol. The molecule has 0 aliphatic heterocycles. The predicted molar refractivity (Wildman–Crippen MR) is 95.1 cm³/mol. The number of carbonyl (C=O) groups excluding carboxylic acids is 1. The highest BCUT2D eigenvalue weighted by Crippen LogP contribution is 2.06. The van der Waals surface area contributed by atoms with Crippen LogP contribution in [0.2, 0.25) is 0 Å². The molecular formula is C16H30N6O2. The van der Waals surface area contributed by atoms with E-state index in [2.05, 4.69) is 26.0 Å². The summed E-state index contributed by atoms with van der Waals surface area (Å²) >= 11 is 0. The molecule has 8 heteroatoms. The molecule has 1 heterocycles. The van der Waals surface area contributed by atoms with Gasteiger partial charge in [0.05, 0.1) is 6.54 Å². The number of nitrogens with one attached hydrogen (secondary N) is 3. The first kappa shape index (κ1) is 19.8. The molecule has 0 bridgehead atoms. The maximum Gasteiger partial charge on any atom is 0.407 e. The first-order chi connectivity index (χ1) is 11.4. The zero-order valence-corrected chi connectivity index (χ0v) is 15.1. The van der Waals surface area contributed by atoms with Gasteiger partial charge in [0.2, 0.25) is 0 Å². The molecule has 0 atom stereocenters. The van der Waals surface area contributed by atoms with Gasteiger partial charge in [-0.1, -0.05) is 0 Å². The first-order valence-corrected chi connectivity index (χ1v) is 8.37. The third-order valence-corrected chi connectivity index (χ3v) is 2.81. The van der Waals surface area contributed by atoms with Gasteiger partial charge in [-0.2, -0.15) is 5.10 Å². The lowest BCUT2D eigenvalue weighted by molar-refractivity contribution is 0.0527. The van der Waals surface area contributed by atoms with E-state index in [0.717, 1.165) is 32.0 Å². The molecular weight excluding hydrogens is 308 g/mol. The van der Waals surface area contributed by atoms with Crippen molar-refractivity contribution in [3.63, 3.8) is 0 Å². The minimum Gasteiger partial charge on any atom is -0.444 e. The van der Waals surface area contributed by atoms with Crippen molar-refractivity contribution in [2.24, 2.45) is 4.99 Å². The van der Waals surface area contributed by atoms with Crippen LogP contribution < -0.4 is 16.0 Å². The number of guanidine groups is 1. The second kappa shape index (κ2) is 10.5. The van der Waals surface area contributed by atoms with E-state index in [1.165, 1.54) is 0 Å². The molecule has 0 radical (unpaired) electrons. The molecule has 0 aromatic carbocycles. The van der Waals surface area contributed by atoms with Crippen molar-refractivity contribution >= 4 is 12.1 Å². The lowest BCUT2D eigenvalue weighted by Gasteiger charge is -2.19. The first-order valence-electron chi connectivity index (χ1n) is 8.37. The van der Waals surface area contributed by atoms with Crippen molar-refractivity contribution in [3.05, 3.63) is 18.5 Å². The molecule has 1 amide bonds. The number of carbonyl (C=O) groups is 1. The Hall–Kier alpha value is -2.25. The summed E-state index contributed by atoms with van der Waals surface area (Å²) in [6, 6.07) is 1.90. The summed E-state index contributed by atoms with van der Waals surface area (Å²) in [6.45, 7) is 11.0. The summed E-state index contributed by atoms with van der Waals surface area (Å²) in [5.74, 6) is 0.766. The third kappa shape index (κ3) is 9.70. The summed E-state index contributed by atoms with van der Waals surface area (Å²) in [4.78, 5) is 16.0. The van der Waals surface area contributed by atoms with Crippen LogP contribution in [0.5, 0.6) is 0 Å². The van der Waals surface area contributed by atoms with Gasteiger partial charge in [-0.3, -0.25) is 9.67 Å². The van der Waals surface area contributed by atoms with Crippen LogP contribution in [0.1, 0.15) is 34.1 Å². The fraction of sp³-hybridized carbons (Fsp3) is 0.688. The second-order valence-corrected chi connectivity index (χ2v) is 6.24. The third-order valence-electron chi connectivity index (χ3n) is 2.81. The van der Waals surface area contributed by atoms with E-state index in [-0.39, 0.29) is 0 Å². The standard InChI is InChI=1S/C16H30N6O2/c1-5-17-14(19-11-13-22-12-7-10-21-22)18-8-6-9-20-15(23)24-16(2,3)4/h7,10,12H,5-6,8-9,11,13H2,1-4H3,(H,20,23)(H2,17,18,19). The molecule has 24 heavy (non-hydrogen) atoms. The van der Waals surface area contributed by atoms with E-state index >= 15 is 0 Å². The van der Waals surface area contributed by atoms with Gasteiger partial charge in [0.25, 0.3) is 0 Å². The van der Waals surface area contributed by atoms with Gasteiger partial charge in [-0.15, -0.1) is 0 Å². The maximum atomic E-state index is 11.5. The number of rotatable bonds is 8. The van der Waals surface area contributed by atoms with Crippen molar-refractivity contribution in [3.8, 4) is 0 Å². The van der Waals surface area contributed by atoms with E-state index in [1.54, 1.807) is 6.20 Å². The van der Waals surface area contributed by atoms with Crippen LogP contribution >= 0.6 is 0 Å². The lowest BCUT2D eigenvalue weighted by Crippen LogP contribution is -2.39. The Morgan fingerprint density at radius 1 is 1.25 bits per heavy atom. The number of aliphatic imine (C=N–C) groups is 1. The highest BCUT2D eigenvalue weighted by Gasteiger charge is 2.15. The van der Waals surface area contributed by atoms with E-state index in [4.69, 9.17) is 4.74 Å². The van der Waals surface area contributed by atoms with Gasteiger partial charge in [0, 0.05) is 38.6 Å². The van der Waals surface area contributed by atoms with Crippen molar-refractivity contribution in [2.45, 2.75) is 46.3 Å². The SMILES string of the molecule is CCNC(=NCCCNC(=O)OC(C)(C)C)NCCn1cccn1. The number of ether oxygens (including phenoxy) is 1. The van der Waals surface area contributed by atoms with Gasteiger partial charge in [0.1, 0.15) is 5.60 Å². The molecule has 136 valence electrons. The Morgan fingerprint density at radius 3 is 2.67 bits per heavy atom. The number of amides is 1. The number of hydrogen-bond donors (Lipinski definition) is 3. The molecule has 0 unspecified atom stereocenters. The smallest absolute Gasteiger partial charge is 0.407 e.